The Bertz CT molecular complexity index is 1520. The maximum atomic E-state index is 13.9. The van der Waals surface area contributed by atoms with E-state index in [1.165, 1.54) is 37.4 Å². The van der Waals surface area contributed by atoms with E-state index in [1.54, 1.807) is 12.1 Å². The third-order valence-electron chi connectivity index (χ3n) is 8.49. The SMILES string of the molecule is CN1C(=O)C2(Cl)CC3C(=CCC4C(=O)N(c5cccc(C(=O)O)c5)C(=O)C43)C(c3ccc(CO)o3)C2(Cl)C1=O. The summed E-state index contributed by atoms with van der Waals surface area (Å²) in [5.41, 5.74) is 0.604. The van der Waals surface area contributed by atoms with Crippen molar-refractivity contribution >= 4 is 58.5 Å². The molecule has 39 heavy (non-hydrogen) atoms. The maximum Gasteiger partial charge on any atom is 0.335 e. The summed E-state index contributed by atoms with van der Waals surface area (Å²) in [5.74, 6) is -6.75. The number of hydrogen-bond acceptors (Lipinski definition) is 7. The van der Waals surface area contributed by atoms with E-state index in [9.17, 15) is 34.2 Å². The number of aromatic carboxylic acids is 1. The number of carboxylic acid groups (broad SMARTS) is 1. The second-order valence-corrected chi connectivity index (χ2v) is 11.6. The van der Waals surface area contributed by atoms with Gasteiger partial charge in [-0.3, -0.25) is 29.0 Å². The molecule has 10 nitrogen and oxygen atoms in total. The Kier molecular flexibility index (Phi) is 5.63. The number of imide groups is 2. The number of aliphatic hydroxyl groups is 1. The van der Waals surface area contributed by atoms with Crippen molar-refractivity contribution in [3.63, 3.8) is 0 Å². The summed E-state index contributed by atoms with van der Waals surface area (Å²) in [6, 6.07) is 8.62. The van der Waals surface area contributed by atoms with Gasteiger partial charge in [0.1, 0.15) is 18.1 Å². The first-order valence-corrected chi connectivity index (χ1v) is 13.0. The lowest BCUT2D eigenvalue weighted by molar-refractivity contribution is -0.138. The number of amides is 4. The molecule has 1 aromatic carbocycles. The molecule has 1 saturated carbocycles. The monoisotopic (exact) mass is 572 g/mol. The average Bonchev–Trinajstić information content (AvgIpc) is 3.53. The van der Waals surface area contributed by atoms with Crippen LogP contribution in [-0.4, -0.2) is 61.5 Å². The van der Waals surface area contributed by atoms with E-state index >= 15 is 0 Å². The molecule has 2 aromatic rings. The average molecular weight is 573 g/mol. The second kappa shape index (κ2) is 8.51. The summed E-state index contributed by atoms with van der Waals surface area (Å²) < 4.78 is 5.81. The number of benzene rings is 1. The van der Waals surface area contributed by atoms with E-state index < -0.39 is 69.6 Å². The molecule has 3 fully saturated rings. The molecule has 0 radical (unpaired) electrons. The van der Waals surface area contributed by atoms with Crippen LogP contribution in [0.1, 0.15) is 40.6 Å². The lowest BCUT2D eigenvalue weighted by Crippen LogP contribution is -2.60. The Labute approximate surface area is 231 Å². The molecule has 6 unspecified atom stereocenters. The Balaban J connectivity index is 1.48. The van der Waals surface area contributed by atoms with Crippen LogP contribution in [0.4, 0.5) is 5.69 Å². The van der Waals surface area contributed by atoms with Crippen molar-refractivity contribution in [1.29, 1.82) is 0 Å². The van der Waals surface area contributed by atoms with Crippen molar-refractivity contribution in [1.82, 2.24) is 4.90 Å². The van der Waals surface area contributed by atoms with Crippen molar-refractivity contribution in [2.75, 3.05) is 11.9 Å². The van der Waals surface area contributed by atoms with Crippen LogP contribution in [-0.2, 0) is 25.8 Å². The zero-order valence-corrected chi connectivity index (χ0v) is 22.0. The fourth-order valence-electron chi connectivity index (χ4n) is 6.72. The van der Waals surface area contributed by atoms with Gasteiger partial charge in [0.25, 0.3) is 11.8 Å². The summed E-state index contributed by atoms with van der Waals surface area (Å²) in [7, 11) is 1.29. The van der Waals surface area contributed by atoms with Crippen molar-refractivity contribution in [2.45, 2.75) is 35.1 Å². The minimum atomic E-state index is -1.97. The number of carbonyl (C=O) groups is 5. The van der Waals surface area contributed by atoms with Gasteiger partial charge >= 0.3 is 5.97 Å². The molecule has 4 aliphatic rings. The second-order valence-electron chi connectivity index (χ2n) is 10.3. The minimum Gasteiger partial charge on any atom is -0.478 e. The van der Waals surface area contributed by atoms with E-state index in [0.29, 0.717) is 5.57 Å². The van der Waals surface area contributed by atoms with Gasteiger partial charge in [-0.2, -0.15) is 0 Å². The Morgan fingerprint density at radius 1 is 1.08 bits per heavy atom. The molecule has 202 valence electrons. The number of allylic oxidation sites excluding steroid dienone is 2. The number of furan rings is 1. The van der Waals surface area contributed by atoms with Crippen molar-refractivity contribution in [2.24, 2.45) is 17.8 Å². The predicted octanol–water partition coefficient (Wildman–Crippen LogP) is 2.66. The highest BCUT2D eigenvalue weighted by Crippen LogP contribution is 2.65. The normalized spacial score (nSPS) is 33.7. The summed E-state index contributed by atoms with van der Waals surface area (Å²) in [4.78, 5) is 63.8. The predicted molar refractivity (Wildman–Crippen MR) is 136 cm³/mol. The van der Waals surface area contributed by atoms with Crippen LogP contribution in [0.15, 0.2) is 52.5 Å². The van der Waals surface area contributed by atoms with Gasteiger partial charge in [0.05, 0.1) is 29.0 Å². The van der Waals surface area contributed by atoms with Crippen LogP contribution in [0, 0.1) is 17.8 Å². The summed E-state index contributed by atoms with van der Waals surface area (Å²) in [6.07, 6.45) is 1.74. The summed E-state index contributed by atoms with van der Waals surface area (Å²) in [6.45, 7) is -0.411. The Hall–Kier alpha value is -3.47. The molecular formula is C27H22Cl2N2O8. The van der Waals surface area contributed by atoms with Gasteiger partial charge in [0.15, 0.2) is 9.75 Å². The first kappa shape index (κ1) is 25.8. The smallest absolute Gasteiger partial charge is 0.335 e. The quantitative estimate of drug-likeness (QED) is 0.323. The molecular weight excluding hydrogens is 551 g/mol. The number of rotatable bonds is 4. The molecule has 6 rings (SSSR count). The highest BCUT2D eigenvalue weighted by Gasteiger charge is 2.76. The molecule has 2 aliphatic heterocycles. The lowest BCUT2D eigenvalue weighted by Gasteiger charge is -2.49. The van der Waals surface area contributed by atoms with Crippen LogP contribution >= 0.6 is 23.2 Å². The van der Waals surface area contributed by atoms with Crippen molar-refractivity contribution in [3.05, 3.63) is 65.1 Å². The number of halogens is 2. The van der Waals surface area contributed by atoms with Crippen LogP contribution in [0.5, 0.6) is 0 Å². The van der Waals surface area contributed by atoms with Gasteiger partial charge < -0.3 is 14.6 Å². The molecule has 6 atom stereocenters. The molecule has 1 aromatic heterocycles. The molecule has 2 saturated heterocycles. The third kappa shape index (κ3) is 3.22. The Morgan fingerprint density at radius 2 is 1.82 bits per heavy atom. The van der Waals surface area contributed by atoms with Crippen LogP contribution in [0.2, 0.25) is 0 Å². The molecule has 4 amide bonds. The standard InChI is InChI=1S/C27H22Cl2N2O8/c1-30-24(37)26(28)10-17-15(20(27(26,29)25(30)38)18-8-5-14(11-32)39-18)6-7-16-19(17)22(34)31(21(16)33)13-4-2-3-12(9-13)23(35)36/h2-6,8-9,16-17,19-20,32H,7,10-11H2,1H3,(H,35,36). The zero-order chi connectivity index (χ0) is 28.0. The van der Waals surface area contributed by atoms with Crippen LogP contribution < -0.4 is 4.90 Å². The molecule has 0 spiro atoms. The van der Waals surface area contributed by atoms with Gasteiger partial charge in [0, 0.05) is 7.05 Å². The first-order chi connectivity index (χ1) is 18.5. The van der Waals surface area contributed by atoms with Gasteiger partial charge in [-0.1, -0.05) is 17.7 Å². The third-order valence-corrected chi connectivity index (χ3v) is 9.90. The zero-order valence-electron chi connectivity index (χ0n) is 20.5. The number of alkyl halides is 2. The van der Waals surface area contributed by atoms with Gasteiger partial charge in [0.2, 0.25) is 11.8 Å². The van der Waals surface area contributed by atoms with Gasteiger partial charge in [-0.15, -0.1) is 23.2 Å². The number of nitrogens with zero attached hydrogens (tertiary/aromatic N) is 2. The number of aliphatic hydroxyl groups excluding tert-OH is 1. The number of anilines is 1. The highest BCUT2D eigenvalue weighted by molar-refractivity contribution is 6.53. The number of hydrogen-bond donors (Lipinski definition) is 2. The molecule has 3 heterocycles. The van der Waals surface area contributed by atoms with E-state index in [1.807, 2.05) is 0 Å². The van der Waals surface area contributed by atoms with Crippen molar-refractivity contribution in [3.8, 4) is 0 Å². The van der Waals surface area contributed by atoms with E-state index in [2.05, 4.69) is 0 Å². The van der Waals surface area contributed by atoms with Gasteiger partial charge in [-0.05, 0) is 49.1 Å². The fraction of sp³-hybridized carbons (Fsp3) is 0.370. The number of carboxylic acids is 1. The van der Waals surface area contributed by atoms with Crippen LogP contribution in [0.3, 0.4) is 0 Å². The van der Waals surface area contributed by atoms with Crippen LogP contribution in [0.25, 0.3) is 0 Å². The molecule has 0 bridgehead atoms. The summed E-state index contributed by atoms with van der Waals surface area (Å²) >= 11 is 14.1. The number of fused-ring (bicyclic) bond motifs is 4. The minimum absolute atomic E-state index is 0.0817. The largest absolute Gasteiger partial charge is 0.478 e. The molecule has 12 heteroatoms. The fourth-order valence-corrected chi connectivity index (χ4v) is 7.72. The maximum absolute atomic E-state index is 13.9. The lowest BCUT2D eigenvalue weighted by atomic mass is 9.57. The number of likely N-dealkylation sites (tertiary alicyclic amines) is 1. The van der Waals surface area contributed by atoms with E-state index in [-0.39, 0.29) is 35.6 Å². The van der Waals surface area contributed by atoms with Gasteiger partial charge in [-0.25, -0.2) is 4.79 Å². The van der Waals surface area contributed by atoms with E-state index in [4.69, 9.17) is 27.6 Å². The Morgan fingerprint density at radius 3 is 2.49 bits per heavy atom. The molecule has 2 N–H and O–H groups in total. The highest BCUT2D eigenvalue weighted by atomic mass is 35.5. The molecule has 2 aliphatic carbocycles. The topological polar surface area (TPSA) is 145 Å². The summed E-state index contributed by atoms with van der Waals surface area (Å²) in [5, 5.41) is 19.0. The van der Waals surface area contributed by atoms with E-state index in [0.717, 1.165) is 9.80 Å². The van der Waals surface area contributed by atoms with Crippen molar-refractivity contribution < 1.29 is 38.6 Å². The number of carbonyl (C=O) groups excluding carboxylic acids is 4. The first-order valence-electron chi connectivity index (χ1n) is 12.3.